The summed E-state index contributed by atoms with van der Waals surface area (Å²) in [6.07, 6.45) is 0.955. The molecule has 2 rings (SSSR count). The van der Waals surface area contributed by atoms with Crippen LogP contribution in [0, 0.1) is 6.92 Å². The van der Waals surface area contributed by atoms with Gasteiger partial charge in [-0.1, -0.05) is 12.1 Å². The first-order valence-electron chi connectivity index (χ1n) is 8.09. The lowest BCUT2D eigenvalue weighted by molar-refractivity contribution is -0.116. The van der Waals surface area contributed by atoms with Crippen molar-refractivity contribution in [3.8, 4) is 5.75 Å². The molecule has 4 N–H and O–H groups in total. The smallest absolute Gasteiger partial charge is 0.255 e. The lowest BCUT2D eigenvalue weighted by Gasteiger charge is -2.13. The van der Waals surface area contributed by atoms with Crippen molar-refractivity contribution in [2.45, 2.75) is 19.8 Å². The number of anilines is 2. The third-order valence-electron chi connectivity index (χ3n) is 3.64. The first-order valence-corrected chi connectivity index (χ1v) is 8.09. The maximum atomic E-state index is 12.5. The summed E-state index contributed by atoms with van der Waals surface area (Å²) in [5.74, 6) is 0.194. The Bertz CT molecular complexity index is 759. The van der Waals surface area contributed by atoms with Gasteiger partial charge in [-0.25, -0.2) is 0 Å². The molecule has 0 unspecified atom stereocenters. The Hall–Kier alpha value is -2.86. The molecule has 132 valence electrons. The monoisotopic (exact) mass is 341 g/mol. The molecule has 0 saturated heterocycles. The van der Waals surface area contributed by atoms with Gasteiger partial charge in [0.1, 0.15) is 5.75 Å². The summed E-state index contributed by atoms with van der Waals surface area (Å²) in [5.41, 5.74) is 7.99. The molecule has 0 aliphatic carbocycles. The van der Waals surface area contributed by atoms with E-state index in [-0.39, 0.29) is 11.8 Å². The van der Waals surface area contributed by atoms with Crippen LogP contribution in [0.3, 0.4) is 0 Å². The van der Waals surface area contributed by atoms with Crippen LogP contribution in [0.25, 0.3) is 0 Å². The Morgan fingerprint density at radius 1 is 1.08 bits per heavy atom. The minimum atomic E-state index is -0.278. The summed E-state index contributed by atoms with van der Waals surface area (Å²) < 4.78 is 5.14. The van der Waals surface area contributed by atoms with Crippen LogP contribution in [0.1, 0.15) is 28.8 Å². The average molecular weight is 341 g/mol. The highest BCUT2D eigenvalue weighted by atomic mass is 16.5. The van der Waals surface area contributed by atoms with E-state index in [1.54, 1.807) is 37.4 Å². The molecule has 0 heterocycles. The zero-order valence-corrected chi connectivity index (χ0v) is 14.5. The largest absolute Gasteiger partial charge is 0.497 e. The van der Waals surface area contributed by atoms with E-state index < -0.39 is 0 Å². The summed E-state index contributed by atoms with van der Waals surface area (Å²) in [7, 11) is 1.55. The molecule has 0 aliphatic rings. The van der Waals surface area contributed by atoms with E-state index in [1.807, 2.05) is 19.1 Å². The first kappa shape index (κ1) is 18.5. The van der Waals surface area contributed by atoms with Gasteiger partial charge >= 0.3 is 0 Å². The third-order valence-corrected chi connectivity index (χ3v) is 3.64. The van der Waals surface area contributed by atoms with E-state index in [2.05, 4.69) is 10.6 Å². The molecular formula is C19H23N3O3. The van der Waals surface area contributed by atoms with Crippen molar-refractivity contribution in [1.82, 2.24) is 0 Å². The summed E-state index contributed by atoms with van der Waals surface area (Å²) in [5, 5.41) is 5.66. The van der Waals surface area contributed by atoms with Crippen LogP contribution >= 0.6 is 0 Å². The maximum Gasteiger partial charge on any atom is 0.255 e. The van der Waals surface area contributed by atoms with Crippen molar-refractivity contribution in [2.75, 3.05) is 24.3 Å². The molecule has 0 saturated carbocycles. The number of methoxy groups -OCH3 is 1. The summed E-state index contributed by atoms with van der Waals surface area (Å²) in [6.45, 7) is 2.38. The predicted molar refractivity (Wildman–Crippen MR) is 99.0 cm³/mol. The molecule has 0 spiro atoms. The molecule has 0 atom stereocenters. The molecule has 0 aliphatic heterocycles. The summed E-state index contributed by atoms with van der Waals surface area (Å²) in [6, 6.07) is 12.3. The van der Waals surface area contributed by atoms with Crippen LogP contribution in [-0.2, 0) is 4.79 Å². The van der Waals surface area contributed by atoms with Gasteiger partial charge in [-0.2, -0.15) is 0 Å². The van der Waals surface area contributed by atoms with Crippen molar-refractivity contribution in [2.24, 2.45) is 5.73 Å². The van der Waals surface area contributed by atoms with E-state index >= 15 is 0 Å². The minimum absolute atomic E-state index is 0.132. The van der Waals surface area contributed by atoms with Gasteiger partial charge in [-0.3, -0.25) is 9.59 Å². The van der Waals surface area contributed by atoms with E-state index in [0.29, 0.717) is 42.1 Å². The molecule has 6 heteroatoms. The Morgan fingerprint density at radius 3 is 2.60 bits per heavy atom. The molecule has 25 heavy (non-hydrogen) atoms. The maximum absolute atomic E-state index is 12.5. The Balaban J connectivity index is 2.17. The normalized spacial score (nSPS) is 10.2. The lowest BCUT2D eigenvalue weighted by Crippen LogP contribution is -2.17. The van der Waals surface area contributed by atoms with Crippen molar-refractivity contribution < 1.29 is 14.3 Å². The van der Waals surface area contributed by atoms with Gasteiger partial charge in [0.05, 0.1) is 18.5 Å². The second-order valence-corrected chi connectivity index (χ2v) is 5.68. The molecule has 2 amide bonds. The van der Waals surface area contributed by atoms with Gasteiger partial charge in [-0.05, 0) is 55.8 Å². The standard InChI is InChI=1S/C19H23N3O3/c1-13-8-9-16(17(11-13)21-18(23)7-4-10-20)22-19(24)14-5-3-6-15(12-14)25-2/h3,5-6,8-9,11-12H,4,7,10,20H2,1-2H3,(H,21,23)(H,22,24). The number of benzene rings is 2. The number of carbonyl (C=O) groups is 2. The number of amides is 2. The summed E-state index contributed by atoms with van der Waals surface area (Å²) >= 11 is 0. The zero-order chi connectivity index (χ0) is 18.2. The SMILES string of the molecule is COc1cccc(C(=O)Nc2ccc(C)cc2NC(=O)CCCN)c1. The zero-order valence-electron chi connectivity index (χ0n) is 14.5. The Morgan fingerprint density at radius 2 is 1.88 bits per heavy atom. The van der Waals surface area contributed by atoms with Crippen LogP contribution < -0.4 is 21.1 Å². The highest BCUT2D eigenvalue weighted by Crippen LogP contribution is 2.24. The van der Waals surface area contributed by atoms with Crippen molar-refractivity contribution in [1.29, 1.82) is 0 Å². The summed E-state index contributed by atoms with van der Waals surface area (Å²) in [4.78, 5) is 24.5. The fraction of sp³-hybridized carbons (Fsp3) is 0.263. The van der Waals surface area contributed by atoms with E-state index in [0.717, 1.165) is 5.56 Å². The van der Waals surface area contributed by atoms with Gasteiger partial charge in [0.15, 0.2) is 0 Å². The fourth-order valence-electron chi connectivity index (χ4n) is 2.30. The number of rotatable bonds is 7. The number of carbonyl (C=O) groups excluding carboxylic acids is 2. The number of aryl methyl sites for hydroxylation is 1. The van der Waals surface area contributed by atoms with Gasteiger partial charge in [0.25, 0.3) is 5.91 Å². The Labute approximate surface area is 147 Å². The predicted octanol–water partition coefficient (Wildman–Crippen LogP) is 2.93. The number of hydrogen-bond acceptors (Lipinski definition) is 4. The third kappa shape index (κ3) is 5.32. The number of nitrogens with one attached hydrogen (secondary N) is 2. The molecule has 0 aromatic heterocycles. The van der Waals surface area contributed by atoms with Gasteiger partial charge < -0.3 is 21.1 Å². The van der Waals surface area contributed by atoms with Gasteiger partial charge in [0, 0.05) is 12.0 Å². The average Bonchev–Trinajstić information content (AvgIpc) is 2.62. The van der Waals surface area contributed by atoms with E-state index in [9.17, 15) is 9.59 Å². The molecular weight excluding hydrogens is 318 g/mol. The van der Waals surface area contributed by atoms with Crippen LogP contribution in [0.2, 0.25) is 0 Å². The van der Waals surface area contributed by atoms with E-state index in [1.165, 1.54) is 0 Å². The number of hydrogen-bond donors (Lipinski definition) is 3. The van der Waals surface area contributed by atoms with Crippen molar-refractivity contribution in [3.63, 3.8) is 0 Å². The Kier molecular flexibility index (Phi) is 6.54. The number of ether oxygens (including phenoxy) is 1. The topological polar surface area (TPSA) is 93.5 Å². The van der Waals surface area contributed by atoms with Crippen LogP contribution in [0.5, 0.6) is 5.75 Å². The van der Waals surface area contributed by atoms with Crippen molar-refractivity contribution >= 4 is 23.2 Å². The van der Waals surface area contributed by atoms with Crippen LogP contribution in [0.15, 0.2) is 42.5 Å². The molecule has 0 radical (unpaired) electrons. The molecule has 6 nitrogen and oxygen atoms in total. The highest BCUT2D eigenvalue weighted by molar-refractivity contribution is 6.07. The van der Waals surface area contributed by atoms with Gasteiger partial charge in [0.2, 0.25) is 5.91 Å². The molecule has 0 bridgehead atoms. The van der Waals surface area contributed by atoms with Crippen LogP contribution in [0.4, 0.5) is 11.4 Å². The lowest BCUT2D eigenvalue weighted by atomic mass is 10.1. The van der Waals surface area contributed by atoms with Crippen molar-refractivity contribution in [3.05, 3.63) is 53.6 Å². The quantitative estimate of drug-likeness (QED) is 0.722. The fourth-order valence-corrected chi connectivity index (χ4v) is 2.30. The highest BCUT2D eigenvalue weighted by Gasteiger charge is 2.12. The minimum Gasteiger partial charge on any atom is -0.497 e. The molecule has 2 aromatic rings. The second-order valence-electron chi connectivity index (χ2n) is 5.68. The first-order chi connectivity index (χ1) is 12.0. The second kappa shape index (κ2) is 8.84. The van der Waals surface area contributed by atoms with E-state index in [4.69, 9.17) is 10.5 Å². The molecule has 0 fully saturated rings. The number of nitrogens with two attached hydrogens (primary N) is 1. The molecule has 2 aromatic carbocycles. The van der Waals surface area contributed by atoms with Crippen LogP contribution in [-0.4, -0.2) is 25.5 Å². The van der Waals surface area contributed by atoms with Gasteiger partial charge in [-0.15, -0.1) is 0 Å².